The van der Waals surface area contributed by atoms with Crippen LogP contribution in [0.4, 0.5) is 9.18 Å². The fourth-order valence-electron chi connectivity index (χ4n) is 3.30. The summed E-state index contributed by atoms with van der Waals surface area (Å²) in [6.07, 6.45) is 1.80. The van der Waals surface area contributed by atoms with Crippen LogP contribution in [0.5, 0.6) is 0 Å². The first-order chi connectivity index (χ1) is 12.1. The molecule has 1 saturated heterocycles. The van der Waals surface area contributed by atoms with E-state index in [9.17, 15) is 14.3 Å². The van der Waals surface area contributed by atoms with Gasteiger partial charge in [0, 0.05) is 19.1 Å². The van der Waals surface area contributed by atoms with Crippen molar-refractivity contribution in [2.45, 2.75) is 38.0 Å². The summed E-state index contributed by atoms with van der Waals surface area (Å²) < 4.78 is 12.9. The lowest BCUT2D eigenvalue weighted by Gasteiger charge is -2.27. The van der Waals surface area contributed by atoms with Crippen LogP contribution in [0.25, 0.3) is 0 Å². The van der Waals surface area contributed by atoms with E-state index < -0.39 is 6.10 Å². The maximum atomic E-state index is 12.9. The molecule has 0 aliphatic carbocycles. The highest BCUT2D eigenvalue weighted by Crippen LogP contribution is 2.27. The summed E-state index contributed by atoms with van der Waals surface area (Å²) in [5, 5.41) is 13.3. The van der Waals surface area contributed by atoms with Gasteiger partial charge in [-0.2, -0.15) is 0 Å². The zero-order chi connectivity index (χ0) is 17.6. The van der Waals surface area contributed by atoms with Gasteiger partial charge in [0.1, 0.15) is 5.82 Å². The Balaban J connectivity index is 1.55. The lowest BCUT2D eigenvalue weighted by molar-refractivity contribution is 0.126. The number of nitrogens with one attached hydrogen (secondary N) is 1. The third kappa shape index (κ3) is 4.57. The van der Waals surface area contributed by atoms with Crippen LogP contribution in [0.1, 0.15) is 36.5 Å². The number of hydrogen-bond donors (Lipinski definition) is 2. The van der Waals surface area contributed by atoms with E-state index in [4.69, 9.17) is 0 Å². The van der Waals surface area contributed by atoms with Crippen molar-refractivity contribution in [1.29, 1.82) is 0 Å². The van der Waals surface area contributed by atoms with Crippen LogP contribution >= 0.6 is 0 Å². The van der Waals surface area contributed by atoms with Crippen LogP contribution < -0.4 is 5.32 Å². The van der Waals surface area contributed by atoms with Crippen molar-refractivity contribution in [2.24, 2.45) is 0 Å². The number of carbonyl (C=O) groups is 1. The van der Waals surface area contributed by atoms with Gasteiger partial charge in [0.05, 0.1) is 6.10 Å². The first kappa shape index (κ1) is 17.4. The quantitative estimate of drug-likeness (QED) is 0.872. The number of aliphatic hydroxyl groups is 1. The van der Waals surface area contributed by atoms with Crippen molar-refractivity contribution in [3.05, 3.63) is 71.5 Å². The Morgan fingerprint density at radius 2 is 1.92 bits per heavy atom. The maximum absolute atomic E-state index is 12.9. The Morgan fingerprint density at radius 3 is 2.64 bits per heavy atom. The molecule has 2 atom stereocenters. The van der Waals surface area contributed by atoms with Gasteiger partial charge in [-0.3, -0.25) is 0 Å². The van der Waals surface area contributed by atoms with Gasteiger partial charge < -0.3 is 15.3 Å². The number of hydrogen-bond acceptors (Lipinski definition) is 2. The molecular formula is C20H23FN2O2. The predicted octanol–water partition coefficient (Wildman–Crippen LogP) is 3.62. The maximum Gasteiger partial charge on any atom is 0.317 e. The molecule has 1 fully saturated rings. The second-order valence-corrected chi connectivity index (χ2v) is 6.44. The van der Waals surface area contributed by atoms with E-state index in [-0.39, 0.29) is 17.9 Å². The molecule has 0 spiro atoms. The number of halogens is 1. The van der Waals surface area contributed by atoms with Crippen LogP contribution in [-0.2, 0) is 6.54 Å². The molecule has 132 valence electrons. The van der Waals surface area contributed by atoms with E-state index in [0.717, 1.165) is 24.0 Å². The van der Waals surface area contributed by atoms with Crippen molar-refractivity contribution >= 4 is 6.03 Å². The number of benzene rings is 2. The van der Waals surface area contributed by atoms with E-state index >= 15 is 0 Å². The van der Waals surface area contributed by atoms with Gasteiger partial charge in [-0.25, -0.2) is 9.18 Å². The number of amides is 2. The molecular weight excluding hydrogens is 319 g/mol. The van der Waals surface area contributed by atoms with Crippen molar-refractivity contribution in [3.63, 3.8) is 0 Å². The topological polar surface area (TPSA) is 52.6 Å². The van der Waals surface area contributed by atoms with Crippen molar-refractivity contribution < 1.29 is 14.3 Å². The highest BCUT2D eigenvalue weighted by Gasteiger charge is 2.30. The SMILES string of the molecule is O=C(NCc1ccc(F)cc1)N1CCCC1CC(O)c1ccccc1. The van der Waals surface area contributed by atoms with Crippen LogP contribution in [0, 0.1) is 5.82 Å². The molecule has 2 aromatic rings. The molecule has 25 heavy (non-hydrogen) atoms. The van der Waals surface area contributed by atoms with Crippen LogP contribution in [-0.4, -0.2) is 28.6 Å². The average Bonchev–Trinajstić information content (AvgIpc) is 3.10. The van der Waals surface area contributed by atoms with Crippen LogP contribution in [0.2, 0.25) is 0 Å². The zero-order valence-corrected chi connectivity index (χ0v) is 14.1. The number of aliphatic hydroxyl groups excluding tert-OH is 1. The average molecular weight is 342 g/mol. The molecule has 4 nitrogen and oxygen atoms in total. The third-order valence-electron chi connectivity index (χ3n) is 4.67. The Bertz CT molecular complexity index is 691. The fourth-order valence-corrected chi connectivity index (χ4v) is 3.30. The number of rotatable bonds is 5. The Labute approximate surface area is 147 Å². The summed E-state index contributed by atoms with van der Waals surface area (Å²) in [6, 6.07) is 15.5. The van der Waals surface area contributed by atoms with E-state index in [0.29, 0.717) is 19.5 Å². The summed E-state index contributed by atoms with van der Waals surface area (Å²) >= 11 is 0. The molecule has 2 aromatic carbocycles. The summed E-state index contributed by atoms with van der Waals surface area (Å²) in [5.74, 6) is -0.287. The van der Waals surface area contributed by atoms with E-state index in [1.54, 1.807) is 17.0 Å². The van der Waals surface area contributed by atoms with Gasteiger partial charge in [-0.05, 0) is 42.5 Å². The number of nitrogens with zero attached hydrogens (tertiary/aromatic N) is 1. The largest absolute Gasteiger partial charge is 0.388 e. The lowest BCUT2D eigenvalue weighted by Crippen LogP contribution is -2.43. The molecule has 3 rings (SSSR count). The first-order valence-electron chi connectivity index (χ1n) is 8.65. The summed E-state index contributed by atoms with van der Waals surface area (Å²) in [6.45, 7) is 1.06. The number of carbonyl (C=O) groups excluding carboxylic acids is 1. The molecule has 0 bridgehead atoms. The first-order valence-corrected chi connectivity index (χ1v) is 8.65. The molecule has 5 heteroatoms. The normalized spacial score (nSPS) is 18.2. The minimum Gasteiger partial charge on any atom is -0.388 e. The minimum absolute atomic E-state index is 0.0309. The van der Waals surface area contributed by atoms with Gasteiger partial charge in [0.25, 0.3) is 0 Å². The van der Waals surface area contributed by atoms with Crippen molar-refractivity contribution in [3.8, 4) is 0 Å². The molecule has 2 N–H and O–H groups in total. The molecule has 1 aliphatic rings. The minimum atomic E-state index is -0.573. The van der Waals surface area contributed by atoms with Gasteiger partial charge >= 0.3 is 6.03 Å². The molecule has 2 amide bonds. The highest BCUT2D eigenvalue weighted by molar-refractivity contribution is 5.74. The zero-order valence-electron chi connectivity index (χ0n) is 14.1. The Hall–Kier alpha value is -2.40. The molecule has 1 heterocycles. The van der Waals surface area contributed by atoms with Crippen LogP contribution in [0.3, 0.4) is 0 Å². The number of likely N-dealkylation sites (tertiary alicyclic amines) is 1. The molecule has 2 unspecified atom stereocenters. The van der Waals surface area contributed by atoms with Crippen molar-refractivity contribution in [1.82, 2.24) is 10.2 Å². The second kappa shape index (κ2) is 8.12. The molecule has 0 aromatic heterocycles. The standard InChI is InChI=1S/C20H23FN2O2/c21-17-10-8-15(9-11-17)14-22-20(25)23-12-4-7-18(23)13-19(24)16-5-2-1-3-6-16/h1-3,5-6,8-11,18-19,24H,4,7,12-14H2,(H,22,25). The van der Waals surface area contributed by atoms with Gasteiger partial charge in [-0.1, -0.05) is 42.5 Å². The molecule has 0 radical (unpaired) electrons. The second-order valence-electron chi connectivity index (χ2n) is 6.44. The summed E-state index contributed by atoms with van der Waals surface area (Å²) in [7, 11) is 0. The van der Waals surface area contributed by atoms with E-state index in [1.807, 2.05) is 30.3 Å². The van der Waals surface area contributed by atoms with Gasteiger partial charge in [0.15, 0.2) is 0 Å². The van der Waals surface area contributed by atoms with Gasteiger partial charge in [-0.15, -0.1) is 0 Å². The lowest BCUT2D eigenvalue weighted by atomic mass is 10.0. The predicted molar refractivity (Wildman–Crippen MR) is 94.4 cm³/mol. The summed E-state index contributed by atoms with van der Waals surface area (Å²) in [5.41, 5.74) is 1.73. The molecule has 1 aliphatic heterocycles. The Kier molecular flexibility index (Phi) is 5.66. The Morgan fingerprint density at radius 1 is 1.20 bits per heavy atom. The van der Waals surface area contributed by atoms with E-state index in [2.05, 4.69) is 5.32 Å². The van der Waals surface area contributed by atoms with Crippen molar-refractivity contribution in [2.75, 3.05) is 6.54 Å². The third-order valence-corrected chi connectivity index (χ3v) is 4.67. The van der Waals surface area contributed by atoms with Crippen LogP contribution in [0.15, 0.2) is 54.6 Å². The van der Waals surface area contributed by atoms with E-state index in [1.165, 1.54) is 12.1 Å². The fraction of sp³-hybridized carbons (Fsp3) is 0.350. The van der Waals surface area contributed by atoms with Gasteiger partial charge in [0.2, 0.25) is 0 Å². The smallest absolute Gasteiger partial charge is 0.317 e. The summed E-state index contributed by atoms with van der Waals surface area (Å²) in [4.78, 5) is 14.3. The number of urea groups is 1. The highest BCUT2D eigenvalue weighted by atomic mass is 19.1. The molecule has 0 saturated carbocycles. The monoisotopic (exact) mass is 342 g/mol.